The number of alkyl halides is 1. The van der Waals surface area contributed by atoms with Gasteiger partial charge in [-0.05, 0) is 43.0 Å². The quantitative estimate of drug-likeness (QED) is 0.611. The summed E-state index contributed by atoms with van der Waals surface area (Å²) in [5, 5.41) is 5.23. The number of likely N-dealkylation sites (N-methyl/N-ethyl adjacent to an activating group) is 1. The van der Waals surface area contributed by atoms with Gasteiger partial charge in [0, 0.05) is 50.2 Å². The predicted octanol–water partition coefficient (Wildman–Crippen LogP) is 3.31. The molecule has 0 radical (unpaired) electrons. The minimum atomic E-state index is -0.983. The maximum absolute atomic E-state index is 13.9. The van der Waals surface area contributed by atoms with Crippen LogP contribution in [0.15, 0.2) is 35.4 Å². The van der Waals surface area contributed by atoms with Gasteiger partial charge < -0.3 is 15.0 Å². The van der Waals surface area contributed by atoms with Crippen LogP contribution >= 0.6 is 0 Å². The lowest BCUT2D eigenvalue weighted by atomic mass is 10.1. The maximum Gasteiger partial charge on any atom is 0.192 e. The van der Waals surface area contributed by atoms with Crippen LogP contribution in [0.2, 0.25) is 0 Å². The summed E-state index contributed by atoms with van der Waals surface area (Å²) in [6, 6.07) is 1.96. The zero-order valence-electron chi connectivity index (χ0n) is 19.9. The first kappa shape index (κ1) is 24.6. The van der Waals surface area contributed by atoms with E-state index in [1.54, 1.807) is 13.1 Å². The first-order valence-corrected chi connectivity index (χ1v) is 10.9. The van der Waals surface area contributed by atoms with Gasteiger partial charge in [-0.2, -0.15) is 0 Å². The highest BCUT2D eigenvalue weighted by Crippen LogP contribution is 2.21. The lowest BCUT2D eigenvalue weighted by molar-refractivity contribution is 0.0646. The number of Topliss-reactive ketones (excluding diaryl/α,β-unsaturated/α-hetero) is 1. The van der Waals surface area contributed by atoms with E-state index in [1.165, 1.54) is 11.1 Å². The number of pyridine rings is 1. The van der Waals surface area contributed by atoms with Gasteiger partial charge >= 0.3 is 0 Å². The summed E-state index contributed by atoms with van der Waals surface area (Å²) in [6.45, 7) is 12.8. The standard InChI is InChI=1S/C25H36FN3O2/c1-8-17(4)21-9-10-28-24(19(6)30)22(21)13-27-12-20-11-18(5)25(29(7)14-20)31-15-23(26)16(2)3/h9-11,13,16,23,27H,8,12,14-15H2,1-7H3/b21-17-,22-13+. The van der Waals surface area contributed by atoms with Crippen molar-refractivity contribution in [2.75, 3.05) is 26.7 Å². The van der Waals surface area contributed by atoms with E-state index >= 15 is 0 Å². The molecule has 1 aliphatic rings. The second-order valence-electron chi connectivity index (χ2n) is 8.55. The molecular weight excluding hydrogens is 393 g/mol. The predicted molar refractivity (Wildman–Crippen MR) is 124 cm³/mol. The molecule has 0 saturated heterocycles. The van der Waals surface area contributed by atoms with Gasteiger partial charge in [0.05, 0.1) is 0 Å². The molecule has 0 aromatic carbocycles. The molecule has 1 atom stereocenters. The summed E-state index contributed by atoms with van der Waals surface area (Å²) in [6.07, 6.45) is 5.58. The Morgan fingerprint density at radius 2 is 2.10 bits per heavy atom. The Morgan fingerprint density at radius 1 is 1.39 bits per heavy atom. The Kier molecular flexibility index (Phi) is 8.84. The Balaban J connectivity index is 2.22. The topological polar surface area (TPSA) is 54.5 Å². The third-order valence-electron chi connectivity index (χ3n) is 5.54. The summed E-state index contributed by atoms with van der Waals surface area (Å²) < 4.78 is 19.7. The number of carbonyl (C=O) groups excluding carboxylic acids is 1. The summed E-state index contributed by atoms with van der Waals surface area (Å²) in [5.74, 6) is 0.604. The maximum atomic E-state index is 13.9. The SMILES string of the molecule is CC/C(C)=c1/ccnc(C(C)=O)/c1=C/NCC1=CC(C)=C(OCC(F)C(C)C)N(C)C1. The van der Waals surface area contributed by atoms with E-state index in [4.69, 9.17) is 4.74 Å². The smallest absolute Gasteiger partial charge is 0.192 e. The number of nitrogens with one attached hydrogen (secondary N) is 1. The number of hydrogen-bond donors (Lipinski definition) is 1. The van der Waals surface area contributed by atoms with Crippen molar-refractivity contribution in [3.8, 4) is 0 Å². The third kappa shape index (κ3) is 6.42. The van der Waals surface area contributed by atoms with Crippen LogP contribution in [0.3, 0.4) is 0 Å². The fourth-order valence-corrected chi connectivity index (χ4v) is 3.52. The Labute approximate surface area is 185 Å². The third-order valence-corrected chi connectivity index (χ3v) is 5.54. The minimum absolute atomic E-state index is 0.0523. The van der Waals surface area contributed by atoms with Gasteiger partial charge in [0.1, 0.15) is 18.5 Å². The fourth-order valence-electron chi connectivity index (χ4n) is 3.52. The molecule has 0 aliphatic carbocycles. The number of nitrogens with zero attached hydrogens (tertiary/aromatic N) is 2. The first-order valence-electron chi connectivity index (χ1n) is 10.9. The van der Waals surface area contributed by atoms with Gasteiger partial charge in [-0.25, -0.2) is 4.39 Å². The molecular formula is C25H36FN3O2. The van der Waals surface area contributed by atoms with Crippen LogP contribution in [0.5, 0.6) is 0 Å². The molecule has 1 aromatic rings. The summed E-state index contributed by atoms with van der Waals surface area (Å²) in [5.41, 5.74) is 3.84. The first-order chi connectivity index (χ1) is 14.6. The summed E-state index contributed by atoms with van der Waals surface area (Å²) in [4.78, 5) is 18.4. The number of allylic oxidation sites excluding steroid dienone is 2. The largest absolute Gasteiger partial charge is 0.476 e. The van der Waals surface area contributed by atoms with Crippen molar-refractivity contribution in [3.63, 3.8) is 0 Å². The molecule has 170 valence electrons. The molecule has 0 bridgehead atoms. The second-order valence-corrected chi connectivity index (χ2v) is 8.55. The zero-order chi connectivity index (χ0) is 23.1. The monoisotopic (exact) mass is 429 g/mol. The van der Waals surface area contributed by atoms with Crippen molar-refractivity contribution in [1.29, 1.82) is 0 Å². The lowest BCUT2D eigenvalue weighted by Crippen LogP contribution is -2.36. The van der Waals surface area contributed by atoms with Gasteiger partial charge in [0.15, 0.2) is 11.7 Å². The number of ketones is 1. The fraction of sp³-hybridized carbons (Fsp3) is 0.520. The Hall–Kier alpha value is -2.63. The van der Waals surface area contributed by atoms with Crippen LogP contribution < -0.4 is 15.8 Å². The van der Waals surface area contributed by atoms with Crippen molar-refractivity contribution in [2.24, 2.45) is 5.92 Å². The van der Waals surface area contributed by atoms with Crippen molar-refractivity contribution in [2.45, 2.75) is 54.1 Å². The average molecular weight is 430 g/mol. The van der Waals surface area contributed by atoms with Crippen molar-refractivity contribution in [1.82, 2.24) is 15.2 Å². The molecule has 6 heteroatoms. The summed E-state index contributed by atoms with van der Waals surface area (Å²) >= 11 is 0. The molecule has 31 heavy (non-hydrogen) atoms. The van der Waals surface area contributed by atoms with E-state index in [1.807, 2.05) is 45.0 Å². The minimum Gasteiger partial charge on any atom is -0.476 e. The van der Waals surface area contributed by atoms with Crippen LogP contribution in [-0.2, 0) is 4.74 Å². The van der Waals surface area contributed by atoms with E-state index in [0.29, 0.717) is 18.8 Å². The molecule has 0 spiro atoms. The molecule has 2 rings (SSSR count). The highest BCUT2D eigenvalue weighted by atomic mass is 19.1. The van der Waals surface area contributed by atoms with Crippen molar-refractivity contribution >= 4 is 17.6 Å². The van der Waals surface area contributed by atoms with Crippen LogP contribution in [0.4, 0.5) is 4.39 Å². The normalized spacial score (nSPS) is 17.0. The van der Waals surface area contributed by atoms with E-state index in [2.05, 4.69) is 30.2 Å². The van der Waals surface area contributed by atoms with Crippen LogP contribution in [0.25, 0.3) is 11.8 Å². The number of halogens is 1. The van der Waals surface area contributed by atoms with E-state index < -0.39 is 6.17 Å². The van der Waals surface area contributed by atoms with Gasteiger partial charge in [0.25, 0.3) is 0 Å². The molecule has 1 unspecified atom stereocenters. The molecule has 0 amide bonds. The molecule has 1 N–H and O–H groups in total. The van der Waals surface area contributed by atoms with Gasteiger partial charge in [-0.3, -0.25) is 9.78 Å². The van der Waals surface area contributed by atoms with Crippen LogP contribution in [0.1, 0.15) is 58.5 Å². The van der Waals surface area contributed by atoms with E-state index in [0.717, 1.165) is 28.3 Å². The Morgan fingerprint density at radius 3 is 2.68 bits per heavy atom. The van der Waals surface area contributed by atoms with E-state index in [-0.39, 0.29) is 18.3 Å². The molecule has 2 heterocycles. The van der Waals surface area contributed by atoms with Gasteiger partial charge in [0.2, 0.25) is 0 Å². The molecule has 0 saturated carbocycles. The van der Waals surface area contributed by atoms with Gasteiger partial charge in [-0.15, -0.1) is 0 Å². The van der Waals surface area contributed by atoms with E-state index in [9.17, 15) is 9.18 Å². The zero-order valence-corrected chi connectivity index (χ0v) is 19.9. The number of aromatic nitrogens is 1. The number of rotatable bonds is 9. The molecule has 1 aromatic heterocycles. The summed E-state index contributed by atoms with van der Waals surface area (Å²) in [7, 11) is 1.95. The lowest BCUT2D eigenvalue weighted by Gasteiger charge is -2.30. The highest BCUT2D eigenvalue weighted by molar-refractivity contribution is 5.92. The van der Waals surface area contributed by atoms with Crippen LogP contribution in [-0.4, -0.2) is 48.6 Å². The molecule has 5 nitrogen and oxygen atoms in total. The Bertz CT molecular complexity index is 979. The van der Waals surface area contributed by atoms with Gasteiger partial charge in [-0.1, -0.05) is 32.4 Å². The molecule has 0 fully saturated rings. The number of carbonyl (C=O) groups is 1. The molecule has 1 aliphatic heterocycles. The number of ether oxygens (including phenoxy) is 1. The van der Waals surface area contributed by atoms with Crippen molar-refractivity contribution in [3.05, 3.63) is 51.5 Å². The average Bonchev–Trinajstić information content (AvgIpc) is 2.72. The highest BCUT2D eigenvalue weighted by Gasteiger charge is 2.19. The van der Waals surface area contributed by atoms with Crippen molar-refractivity contribution < 1.29 is 13.9 Å². The second kappa shape index (κ2) is 11.1. The van der Waals surface area contributed by atoms with Crippen LogP contribution in [0, 0.1) is 5.92 Å². The number of hydrogen-bond acceptors (Lipinski definition) is 5.